The van der Waals surface area contributed by atoms with Gasteiger partial charge in [-0.25, -0.2) is 9.66 Å². The summed E-state index contributed by atoms with van der Waals surface area (Å²) in [4.78, 5) is 18.6. The Bertz CT molecular complexity index is 898. The van der Waals surface area contributed by atoms with Crippen molar-refractivity contribution in [1.29, 1.82) is 0 Å². The lowest BCUT2D eigenvalue weighted by atomic mass is 10.2. The van der Waals surface area contributed by atoms with Crippen LogP contribution in [0.1, 0.15) is 5.56 Å². The highest BCUT2D eigenvalue weighted by molar-refractivity contribution is 7.99. The first-order valence-electron chi connectivity index (χ1n) is 8.04. The molecule has 0 aliphatic carbocycles. The summed E-state index contributed by atoms with van der Waals surface area (Å²) in [5.74, 6) is 6.24. The highest BCUT2D eigenvalue weighted by Gasteiger charge is 2.14. The molecule has 2 aromatic carbocycles. The topological polar surface area (TPSA) is 64.2 Å². The maximum absolute atomic E-state index is 12.4. The second kappa shape index (κ2) is 8.29. The third kappa shape index (κ3) is 4.59. The van der Waals surface area contributed by atoms with Crippen molar-refractivity contribution in [3.05, 3.63) is 71.4 Å². The molecule has 3 aromatic rings. The van der Waals surface area contributed by atoms with Crippen molar-refractivity contribution in [2.24, 2.45) is 0 Å². The second-order valence-electron chi connectivity index (χ2n) is 5.85. The first-order chi connectivity index (χ1) is 12.5. The molecule has 134 valence electrons. The molecule has 0 radical (unpaired) electrons. The van der Waals surface area contributed by atoms with Gasteiger partial charge in [0, 0.05) is 24.2 Å². The monoisotopic (exact) mass is 386 g/mol. The number of carbonyl (C=O) groups excluding carboxylic acids is 1. The second-order valence-corrected chi connectivity index (χ2v) is 7.23. The van der Waals surface area contributed by atoms with E-state index in [2.05, 4.69) is 4.98 Å². The molecule has 0 bridgehead atoms. The predicted octanol–water partition coefficient (Wildman–Crippen LogP) is 3.67. The van der Waals surface area contributed by atoms with E-state index in [1.165, 1.54) is 16.4 Å². The van der Waals surface area contributed by atoms with E-state index >= 15 is 0 Å². The summed E-state index contributed by atoms with van der Waals surface area (Å²) in [7, 11) is 1.77. The Morgan fingerprint density at radius 1 is 1.23 bits per heavy atom. The van der Waals surface area contributed by atoms with Gasteiger partial charge in [0.2, 0.25) is 5.91 Å². The summed E-state index contributed by atoms with van der Waals surface area (Å²) in [5, 5.41) is 1.27. The van der Waals surface area contributed by atoms with Crippen molar-refractivity contribution in [2.75, 3.05) is 18.6 Å². The number of halogens is 1. The largest absolute Gasteiger partial charge is 0.341 e. The number of nitrogens with zero attached hydrogens (tertiary/aromatic N) is 3. The van der Waals surface area contributed by atoms with Gasteiger partial charge in [-0.15, -0.1) is 0 Å². The summed E-state index contributed by atoms with van der Waals surface area (Å²) < 4.78 is 1.46. The molecule has 5 nitrogen and oxygen atoms in total. The van der Waals surface area contributed by atoms with Crippen molar-refractivity contribution in [3.63, 3.8) is 0 Å². The number of thioether (sulfide) groups is 1. The zero-order chi connectivity index (χ0) is 18.5. The quantitative estimate of drug-likeness (QED) is 0.518. The Balaban J connectivity index is 1.60. The summed E-state index contributed by atoms with van der Waals surface area (Å²) >= 11 is 7.31. The van der Waals surface area contributed by atoms with Crippen LogP contribution in [-0.2, 0) is 11.3 Å². The molecule has 3 rings (SSSR count). The number of nitrogen functional groups attached to an aromatic ring is 1. The molecule has 0 spiro atoms. The molecule has 0 unspecified atom stereocenters. The van der Waals surface area contributed by atoms with E-state index in [1.807, 2.05) is 54.6 Å². The van der Waals surface area contributed by atoms with Crippen LogP contribution in [0.4, 0.5) is 0 Å². The molecule has 26 heavy (non-hydrogen) atoms. The average molecular weight is 387 g/mol. The van der Waals surface area contributed by atoms with E-state index in [1.54, 1.807) is 18.1 Å². The van der Waals surface area contributed by atoms with E-state index in [9.17, 15) is 4.79 Å². The number of benzene rings is 2. The summed E-state index contributed by atoms with van der Waals surface area (Å²) in [6.45, 7) is 0.506. The van der Waals surface area contributed by atoms with Crippen molar-refractivity contribution in [1.82, 2.24) is 14.6 Å². The Labute approximate surface area is 161 Å². The molecular weight excluding hydrogens is 368 g/mol. The molecule has 7 heteroatoms. The highest BCUT2D eigenvalue weighted by atomic mass is 35.5. The summed E-state index contributed by atoms with van der Waals surface area (Å²) in [6, 6.07) is 17.3. The third-order valence-corrected chi connectivity index (χ3v) is 5.01. The number of hydrogen-bond donors (Lipinski definition) is 1. The van der Waals surface area contributed by atoms with Crippen LogP contribution in [-0.4, -0.2) is 33.3 Å². The van der Waals surface area contributed by atoms with Gasteiger partial charge in [0.15, 0.2) is 5.16 Å². The first-order valence-corrected chi connectivity index (χ1v) is 9.40. The minimum atomic E-state index is -0.000707. The van der Waals surface area contributed by atoms with E-state index < -0.39 is 0 Å². The number of imidazole rings is 1. The summed E-state index contributed by atoms with van der Waals surface area (Å²) in [5.41, 5.74) is 2.77. The molecule has 2 N–H and O–H groups in total. The first kappa shape index (κ1) is 18.4. The van der Waals surface area contributed by atoms with E-state index in [0.29, 0.717) is 16.7 Å². The van der Waals surface area contributed by atoms with Gasteiger partial charge >= 0.3 is 0 Å². The number of nitrogens with two attached hydrogens (primary N) is 1. The SMILES string of the molecule is CN(Cc1cccc(Cl)c1)C(=O)CSc1nc(-c2ccccc2)cn1N. The lowest BCUT2D eigenvalue weighted by Gasteiger charge is -2.17. The van der Waals surface area contributed by atoms with Gasteiger partial charge in [0.1, 0.15) is 0 Å². The molecule has 0 aliphatic heterocycles. The van der Waals surface area contributed by atoms with E-state index in [-0.39, 0.29) is 11.7 Å². The van der Waals surface area contributed by atoms with Crippen molar-refractivity contribution in [3.8, 4) is 11.3 Å². The van der Waals surface area contributed by atoms with Gasteiger partial charge in [-0.1, -0.05) is 65.8 Å². The molecule has 0 saturated carbocycles. The van der Waals surface area contributed by atoms with Gasteiger partial charge in [0.05, 0.1) is 17.6 Å². The number of rotatable bonds is 6. The highest BCUT2D eigenvalue weighted by Crippen LogP contribution is 2.23. The molecule has 0 atom stereocenters. The van der Waals surface area contributed by atoms with E-state index in [4.69, 9.17) is 17.4 Å². The minimum Gasteiger partial charge on any atom is -0.341 e. The Hall–Kier alpha value is -2.44. The zero-order valence-electron chi connectivity index (χ0n) is 14.3. The zero-order valence-corrected chi connectivity index (χ0v) is 15.9. The van der Waals surface area contributed by atoms with Crippen LogP contribution in [0.5, 0.6) is 0 Å². The van der Waals surface area contributed by atoms with Gasteiger partial charge in [0.25, 0.3) is 0 Å². The Kier molecular flexibility index (Phi) is 5.85. The van der Waals surface area contributed by atoms with Gasteiger partial charge in [-0.3, -0.25) is 4.79 Å². The Morgan fingerprint density at radius 2 is 2.00 bits per heavy atom. The number of aromatic nitrogens is 2. The van der Waals surface area contributed by atoms with E-state index in [0.717, 1.165) is 16.8 Å². The van der Waals surface area contributed by atoms with Crippen LogP contribution in [0.25, 0.3) is 11.3 Å². The van der Waals surface area contributed by atoms with Crippen LogP contribution in [0.2, 0.25) is 5.02 Å². The van der Waals surface area contributed by atoms with Gasteiger partial charge < -0.3 is 10.7 Å². The maximum atomic E-state index is 12.4. The van der Waals surface area contributed by atoms with Crippen LogP contribution in [0.15, 0.2) is 66.0 Å². The van der Waals surface area contributed by atoms with Crippen LogP contribution in [0.3, 0.4) is 0 Å². The van der Waals surface area contributed by atoms with Gasteiger partial charge in [-0.05, 0) is 17.7 Å². The Morgan fingerprint density at radius 3 is 2.73 bits per heavy atom. The fraction of sp³-hybridized carbons (Fsp3) is 0.158. The molecule has 1 amide bonds. The number of amides is 1. The molecule has 1 aromatic heterocycles. The normalized spacial score (nSPS) is 10.7. The molecule has 0 saturated heterocycles. The smallest absolute Gasteiger partial charge is 0.233 e. The lowest BCUT2D eigenvalue weighted by molar-refractivity contribution is -0.127. The fourth-order valence-electron chi connectivity index (χ4n) is 2.47. The number of carbonyl (C=O) groups is 1. The van der Waals surface area contributed by atoms with Crippen molar-refractivity contribution in [2.45, 2.75) is 11.7 Å². The third-order valence-electron chi connectivity index (χ3n) is 3.83. The fourth-order valence-corrected chi connectivity index (χ4v) is 3.52. The van der Waals surface area contributed by atoms with Crippen LogP contribution >= 0.6 is 23.4 Å². The summed E-state index contributed by atoms with van der Waals surface area (Å²) in [6.07, 6.45) is 1.76. The average Bonchev–Trinajstić information content (AvgIpc) is 3.01. The maximum Gasteiger partial charge on any atom is 0.233 e. The molecular formula is C19H19ClN4OS. The van der Waals surface area contributed by atoms with Crippen LogP contribution < -0.4 is 5.84 Å². The standard InChI is InChI=1S/C19H19ClN4OS/c1-23(11-14-6-5-9-16(20)10-14)18(25)13-26-19-22-17(12-24(19)21)15-7-3-2-4-8-15/h2-10,12H,11,13,21H2,1H3. The molecule has 1 heterocycles. The molecule has 0 aliphatic rings. The van der Waals surface area contributed by atoms with Crippen molar-refractivity contribution >= 4 is 29.3 Å². The van der Waals surface area contributed by atoms with Crippen molar-refractivity contribution < 1.29 is 4.79 Å². The lowest BCUT2D eigenvalue weighted by Crippen LogP contribution is -2.28. The van der Waals surface area contributed by atoms with Crippen LogP contribution in [0, 0.1) is 0 Å². The minimum absolute atomic E-state index is 0.000707. The number of hydrogen-bond acceptors (Lipinski definition) is 4. The molecule has 0 fully saturated rings. The predicted molar refractivity (Wildman–Crippen MR) is 106 cm³/mol. The van der Waals surface area contributed by atoms with Gasteiger partial charge in [-0.2, -0.15) is 0 Å².